The molecule has 0 aliphatic heterocycles. The second-order valence-electron chi connectivity index (χ2n) is 3.71. The quantitative estimate of drug-likeness (QED) is 0.721. The third kappa shape index (κ3) is 4.51. The lowest BCUT2D eigenvalue weighted by Gasteiger charge is -2.15. The summed E-state index contributed by atoms with van der Waals surface area (Å²) in [7, 11) is -11.0. The maximum absolute atomic E-state index is 12.0. The Labute approximate surface area is 105 Å². The topological polar surface area (TPSA) is 68.3 Å². The SMILES string of the molecule is CC(CCCS(=O)(=O)C(F)(F)F)S(=O)(=O)C(F)(F)F. The lowest BCUT2D eigenvalue weighted by atomic mass is 10.3. The molecule has 0 aromatic carbocycles. The Bertz CT molecular complexity index is 501. The molecule has 12 heteroatoms. The van der Waals surface area contributed by atoms with Crippen LogP contribution in [0.2, 0.25) is 0 Å². The predicted octanol–water partition coefficient (Wildman–Crippen LogP) is 2.02. The number of halogens is 6. The van der Waals surface area contributed by atoms with Crippen LogP contribution in [0, 0.1) is 0 Å². The van der Waals surface area contributed by atoms with Crippen molar-refractivity contribution in [3.8, 4) is 0 Å². The number of hydrogen-bond acceptors (Lipinski definition) is 4. The molecule has 0 saturated carbocycles. The average Bonchev–Trinajstić information content (AvgIpc) is 2.13. The number of rotatable bonds is 5. The van der Waals surface area contributed by atoms with E-state index in [9.17, 15) is 43.2 Å². The molecule has 0 amide bonds. The summed E-state index contributed by atoms with van der Waals surface area (Å²) in [6, 6.07) is 0. The van der Waals surface area contributed by atoms with E-state index < -0.39 is 54.5 Å². The van der Waals surface area contributed by atoms with E-state index in [1.54, 1.807) is 0 Å². The van der Waals surface area contributed by atoms with Crippen molar-refractivity contribution in [3.05, 3.63) is 0 Å². The summed E-state index contributed by atoms with van der Waals surface area (Å²) in [4.78, 5) is 0. The third-order valence-electron chi connectivity index (χ3n) is 2.23. The Morgan fingerprint density at radius 1 is 0.895 bits per heavy atom. The minimum atomic E-state index is -5.52. The molecule has 0 heterocycles. The lowest BCUT2D eigenvalue weighted by Crippen LogP contribution is -2.33. The molecule has 19 heavy (non-hydrogen) atoms. The molecular formula is C7H10F6O4S2. The molecule has 0 aliphatic rings. The van der Waals surface area contributed by atoms with E-state index in [0.717, 1.165) is 0 Å². The highest BCUT2D eigenvalue weighted by Gasteiger charge is 2.49. The highest BCUT2D eigenvalue weighted by atomic mass is 32.2. The molecule has 0 fully saturated rings. The summed E-state index contributed by atoms with van der Waals surface area (Å²) >= 11 is 0. The molecule has 1 unspecified atom stereocenters. The maximum Gasteiger partial charge on any atom is 0.497 e. The number of hydrogen-bond donors (Lipinski definition) is 0. The van der Waals surface area contributed by atoms with Gasteiger partial charge in [0.25, 0.3) is 0 Å². The molecule has 0 aromatic heterocycles. The van der Waals surface area contributed by atoms with Crippen LogP contribution < -0.4 is 0 Å². The zero-order chi connectivity index (χ0) is 15.7. The van der Waals surface area contributed by atoms with Crippen LogP contribution in [0.15, 0.2) is 0 Å². The average molecular weight is 336 g/mol. The first-order valence-corrected chi connectivity index (χ1v) is 7.92. The predicted molar refractivity (Wildman–Crippen MR) is 53.5 cm³/mol. The Balaban J connectivity index is 4.64. The van der Waals surface area contributed by atoms with Gasteiger partial charge in [-0.25, -0.2) is 16.8 Å². The van der Waals surface area contributed by atoms with Crippen LogP contribution in [0.5, 0.6) is 0 Å². The Morgan fingerprint density at radius 2 is 1.32 bits per heavy atom. The van der Waals surface area contributed by atoms with E-state index in [-0.39, 0.29) is 0 Å². The van der Waals surface area contributed by atoms with Gasteiger partial charge in [0.2, 0.25) is 19.7 Å². The summed E-state index contributed by atoms with van der Waals surface area (Å²) in [5.74, 6) is -1.45. The Morgan fingerprint density at radius 3 is 1.63 bits per heavy atom. The molecule has 0 rings (SSSR count). The van der Waals surface area contributed by atoms with E-state index in [4.69, 9.17) is 0 Å². The van der Waals surface area contributed by atoms with Crippen molar-refractivity contribution >= 4 is 19.7 Å². The van der Waals surface area contributed by atoms with E-state index in [1.807, 2.05) is 0 Å². The lowest BCUT2D eigenvalue weighted by molar-refractivity contribution is -0.0450. The summed E-state index contributed by atoms with van der Waals surface area (Å²) in [6.45, 7) is 0.656. The molecule has 4 nitrogen and oxygen atoms in total. The molecule has 0 radical (unpaired) electrons. The Hall–Kier alpha value is -0.520. The van der Waals surface area contributed by atoms with Crippen molar-refractivity contribution in [2.45, 2.75) is 36.0 Å². The normalized spacial score (nSPS) is 16.4. The summed E-state index contributed by atoms with van der Waals surface area (Å²) in [6.07, 6.45) is -1.67. The van der Waals surface area contributed by atoms with Gasteiger partial charge in [0.1, 0.15) is 0 Å². The van der Waals surface area contributed by atoms with Crippen LogP contribution in [-0.4, -0.2) is 38.9 Å². The molecule has 0 saturated heterocycles. The standard InChI is InChI=1S/C7H10F6O4S2/c1-5(19(16,17)7(11,12)13)3-2-4-18(14,15)6(8,9)10/h5H,2-4H2,1H3. The molecule has 0 aromatic rings. The van der Waals surface area contributed by atoms with Crippen LogP contribution in [0.25, 0.3) is 0 Å². The number of sulfone groups is 2. The van der Waals surface area contributed by atoms with E-state index in [1.165, 1.54) is 0 Å². The second kappa shape index (κ2) is 5.46. The maximum atomic E-state index is 12.0. The Kier molecular flexibility index (Phi) is 5.31. The van der Waals surface area contributed by atoms with Gasteiger partial charge in [-0.05, 0) is 19.8 Å². The van der Waals surface area contributed by atoms with Crippen LogP contribution >= 0.6 is 0 Å². The molecular weight excluding hydrogens is 326 g/mol. The van der Waals surface area contributed by atoms with Gasteiger partial charge in [-0.2, -0.15) is 26.3 Å². The van der Waals surface area contributed by atoms with E-state index in [2.05, 4.69) is 0 Å². The summed E-state index contributed by atoms with van der Waals surface area (Å²) < 4.78 is 115. The van der Waals surface area contributed by atoms with Crippen LogP contribution in [0.3, 0.4) is 0 Å². The van der Waals surface area contributed by atoms with Crippen molar-refractivity contribution in [3.63, 3.8) is 0 Å². The molecule has 1 atom stereocenters. The van der Waals surface area contributed by atoms with Crippen molar-refractivity contribution in [2.24, 2.45) is 0 Å². The zero-order valence-corrected chi connectivity index (χ0v) is 11.0. The molecule has 0 N–H and O–H groups in total. The summed E-state index contributed by atoms with van der Waals surface area (Å²) in [5, 5.41) is -2.00. The second-order valence-corrected chi connectivity index (χ2v) is 8.17. The third-order valence-corrected chi connectivity index (χ3v) is 5.70. The molecule has 116 valence electrons. The van der Waals surface area contributed by atoms with Gasteiger partial charge in [-0.1, -0.05) is 0 Å². The van der Waals surface area contributed by atoms with Crippen molar-refractivity contribution in [1.82, 2.24) is 0 Å². The van der Waals surface area contributed by atoms with Gasteiger partial charge >= 0.3 is 11.0 Å². The first-order chi connectivity index (χ1) is 8.13. The van der Waals surface area contributed by atoms with E-state index >= 15 is 0 Å². The zero-order valence-electron chi connectivity index (χ0n) is 9.42. The first kappa shape index (κ1) is 18.5. The smallest absolute Gasteiger partial charge is 0.220 e. The van der Waals surface area contributed by atoms with Crippen molar-refractivity contribution in [1.29, 1.82) is 0 Å². The molecule has 0 bridgehead atoms. The highest BCUT2D eigenvalue weighted by Crippen LogP contribution is 2.30. The van der Waals surface area contributed by atoms with E-state index in [0.29, 0.717) is 6.92 Å². The van der Waals surface area contributed by atoms with Gasteiger partial charge in [0, 0.05) is 0 Å². The first-order valence-electron chi connectivity index (χ1n) is 4.72. The minimum absolute atomic E-state index is 0.656. The van der Waals surface area contributed by atoms with Crippen LogP contribution in [0.1, 0.15) is 19.8 Å². The van der Waals surface area contributed by atoms with Crippen LogP contribution in [0.4, 0.5) is 26.3 Å². The summed E-state index contributed by atoms with van der Waals surface area (Å²) in [5.41, 5.74) is -11.0. The van der Waals surface area contributed by atoms with Gasteiger partial charge in [-0.15, -0.1) is 0 Å². The molecule has 0 aliphatic carbocycles. The van der Waals surface area contributed by atoms with Gasteiger partial charge < -0.3 is 0 Å². The fraction of sp³-hybridized carbons (Fsp3) is 1.00. The van der Waals surface area contributed by atoms with Crippen molar-refractivity contribution in [2.75, 3.05) is 5.75 Å². The molecule has 0 spiro atoms. The fourth-order valence-corrected chi connectivity index (χ4v) is 2.77. The monoisotopic (exact) mass is 336 g/mol. The van der Waals surface area contributed by atoms with Crippen molar-refractivity contribution < 1.29 is 43.2 Å². The largest absolute Gasteiger partial charge is 0.497 e. The fourth-order valence-electron chi connectivity index (χ4n) is 1.06. The minimum Gasteiger partial charge on any atom is -0.220 e. The number of alkyl halides is 6. The highest BCUT2D eigenvalue weighted by molar-refractivity contribution is 7.93. The van der Waals surface area contributed by atoms with Gasteiger partial charge in [0.05, 0.1) is 11.0 Å². The van der Waals surface area contributed by atoms with Gasteiger partial charge in [-0.3, -0.25) is 0 Å². The van der Waals surface area contributed by atoms with Crippen LogP contribution in [-0.2, 0) is 19.7 Å². The van der Waals surface area contributed by atoms with Gasteiger partial charge in [0.15, 0.2) is 0 Å².